The average molecular weight is 323 g/mol. The second kappa shape index (κ2) is 6.79. The van der Waals surface area contributed by atoms with E-state index in [4.69, 9.17) is 4.74 Å². The van der Waals surface area contributed by atoms with Crippen LogP contribution < -0.4 is 0 Å². The van der Waals surface area contributed by atoms with E-state index in [0.717, 1.165) is 6.07 Å². The number of halogens is 2. The van der Waals surface area contributed by atoms with E-state index in [0.29, 0.717) is 30.7 Å². The number of esters is 1. The van der Waals surface area contributed by atoms with Gasteiger partial charge in [0.25, 0.3) is 0 Å². The Kier molecular flexibility index (Phi) is 5.19. The van der Waals surface area contributed by atoms with Crippen LogP contribution in [0.1, 0.15) is 39.7 Å². The van der Waals surface area contributed by atoms with Crippen LogP contribution in [0.15, 0.2) is 23.8 Å². The van der Waals surface area contributed by atoms with Crippen LogP contribution in [-0.2, 0) is 9.53 Å². The van der Waals surface area contributed by atoms with E-state index in [2.05, 4.69) is 25.7 Å². The second-order valence-electron chi connectivity index (χ2n) is 6.64. The molecule has 126 valence electrons. The number of hydrogen-bond acceptors (Lipinski definition) is 3. The molecular formula is C18H23F2NO2. The molecule has 0 fully saturated rings. The van der Waals surface area contributed by atoms with Crippen molar-refractivity contribution in [2.45, 2.75) is 39.7 Å². The standard InChI is InChI=1S/C18H23F2NO2/c1-5-23-17(22)14-8-9-21(18(2,3)4)11-15(14)13-7-6-12(19)10-16(13)20/h6-7,10H,5,8-9,11H2,1-4H3. The fourth-order valence-corrected chi connectivity index (χ4v) is 2.76. The van der Waals surface area contributed by atoms with Crippen molar-refractivity contribution in [3.8, 4) is 0 Å². The second-order valence-corrected chi connectivity index (χ2v) is 6.64. The lowest BCUT2D eigenvalue weighted by Gasteiger charge is -2.39. The van der Waals surface area contributed by atoms with Crippen molar-refractivity contribution in [1.29, 1.82) is 0 Å². The van der Waals surface area contributed by atoms with Crippen LogP contribution >= 0.6 is 0 Å². The van der Waals surface area contributed by atoms with Crippen LogP contribution in [-0.4, -0.2) is 36.1 Å². The van der Waals surface area contributed by atoms with Crippen molar-refractivity contribution in [2.24, 2.45) is 0 Å². The summed E-state index contributed by atoms with van der Waals surface area (Å²) in [6.45, 7) is 9.35. The first-order chi connectivity index (χ1) is 10.7. The Bertz CT molecular complexity index is 632. The minimum Gasteiger partial charge on any atom is -0.463 e. The van der Waals surface area contributed by atoms with Gasteiger partial charge in [0.1, 0.15) is 11.6 Å². The largest absolute Gasteiger partial charge is 0.463 e. The zero-order valence-electron chi connectivity index (χ0n) is 14.1. The Morgan fingerprint density at radius 2 is 2.00 bits per heavy atom. The topological polar surface area (TPSA) is 29.5 Å². The van der Waals surface area contributed by atoms with Crippen LogP contribution in [0.2, 0.25) is 0 Å². The summed E-state index contributed by atoms with van der Waals surface area (Å²) in [5.74, 6) is -1.70. The molecule has 0 saturated heterocycles. The lowest BCUT2D eigenvalue weighted by Crippen LogP contribution is -2.45. The summed E-state index contributed by atoms with van der Waals surface area (Å²) in [6, 6.07) is 3.46. The van der Waals surface area contributed by atoms with Crippen LogP contribution in [0.25, 0.3) is 5.57 Å². The predicted molar refractivity (Wildman–Crippen MR) is 85.9 cm³/mol. The molecule has 3 nitrogen and oxygen atoms in total. The van der Waals surface area contributed by atoms with E-state index in [1.54, 1.807) is 6.92 Å². The summed E-state index contributed by atoms with van der Waals surface area (Å²) in [5.41, 5.74) is 1.23. The van der Waals surface area contributed by atoms with Crippen LogP contribution in [0.5, 0.6) is 0 Å². The van der Waals surface area contributed by atoms with Crippen molar-refractivity contribution in [2.75, 3.05) is 19.7 Å². The predicted octanol–water partition coefficient (Wildman–Crippen LogP) is 3.79. The molecule has 5 heteroatoms. The minimum absolute atomic E-state index is 0.109. The molecule has 0 amide bonds. The molecule has 1 heterocycles. The third-order valence-corrected chi connectivity index (χ3v) is 4.07. The SMILES string of the molecule is CCOC(=O)C1=C(c2ccc(F)cc2F)CN(C(C)(C)C)CC1. The summed E-state index contributed by atoms with van der Waals surface area (Å²) in [6.07, 6.45) is 0.488. The number of benzene rings is 1. The number of ether oxygens (including phenoxy) is 1. The fourth-order valence-electron chi connectivity index (χ4n) is 2.76. The lowest BCUT2D eigenvalue weighted by atomic mass is 9.90. The van der Waals surface area contributed by atoms with Gasteiger partial charge in [0.15, 0.2) is 0 Å². The normalized spacial score (nSPS) is 16.6. The molecule has 1 aliphatic heterocycles. The highest BCUT2D eigenvalue weighted by Gasteiger charge is 2.31. The lowest BCUT2D eigenvalue weighted by molar-refractivity contribution is -0.138. The molecule has 0 aliphatic carbocycles. The first kappa shape index (κ1) is 17.6. The van der Waals surface area contributed by atoms with Gasteiger partial charge in [-0.15, -0.1) is 0 Å². The van der Waals surface area contributed by atoms with E-state index in [9.17, 15) is 13.6 Å². The molecule has 1 aromatic rings. The monoisotopic (exact) mass is 323 g/mol. The van der Waals surface area contributed by atoms with Gasteiger partial charge in [-0.25, -0.2) is 13.6 Å². The third-order valence-electron chi connectivity index (χ3n) is 4.07. The molecular weight excluding hydrogens is 300 g/mol. The van der Waals surface area contributed by atoms with E-state index in [1.165, 1.54) is 12.1 Å². The van der Waals surface area contributed by atoms with Gasteiger partial charge < -0.3 is 4.74 Å². The Morgan fingerprint density at radius 3 is 2.57 bits per heavy atom. The first-order valence-electron chi connectivity index (χ1n) is 7.83. The Hall–Kier alpha value is -1.75. The van der Waals surface area contributed by atoms with E-state index in [-0.39, 0.29) is 17.7 Å². The fraction of sp³-hybridized carbons (Fsp3) is 0.500. The quantitative estimate of drug-likeness (QED) is 0.793. The first-order valence-corrected chi connectivity index (χ1v) is 7.83. The summed E-state index contributed by atoms with van der Waals surface area (Å²) < 4.78 is 32.5. The van der Waals surface area contributed by atoms with Crippen molar-refractivity contribution >= 4 is 11.5 Å². The molecule has 0 saturated carbocycles. The highest BCUT2D eigenvalue weighted by atomic mass is 19.1. The molecule has 0 N–H and O–H groups in total. The molecule has 0 aromatic heterocycles. The maximum atomic E-state index is 14.2. The molecule has 0 bridgehead atoms. The number of nitrogens with zero attached hydrogens (tertiary/aromatic N) is 1. The van der Waals surface area contributed by atoms with Gasteiger partial charge in [0.2, 0.25) is 0 Å². The van der Waals surface area contributed by atoms with Gasteiger partial charge in [-0.1, -0.05) is 0 Å². The maximum absolute atomic E-state index is 14.2. The van der Waals surface area contributed by atoms with Crippen molar-refractivity contribution < 1.29 is 18.3 Å². The third kappa shape index (κ3) is 3.96. The number of rotatable bonds is 3. The van der Waals surface area contributed by atoms with E-state index < -0.39 is 17.6 Å². The molecule has 0 radical (unpaired) electrons. The van der Waals surface area contributed by atoms with Crippen molar-refractivity contribution in [3.63, 3.8) is 0 Å². The van der Waals surface area contributed by atoms with Crippen LogP contribution in [0, 0.1) is 11.6 Å². The average Bonchev–Trinajstić information content (AvgIpc) is 2.46. The van der Waals surface area contributed by atoms with Gasteiger partial charge in [-0.2, -0.15) is 0 Å². The zero-order valence-corrected chi connectivity index (χ0v) is 14.1. The molecule has 1 aromatic carbocycles. The highest BCUT2D eigenvalue weighted by Crippen LogP contribution is 2.32. The Labute approximate surface area is 135 Å². The van der Waals surface area contributed by atoms with Gasteiger partial charge in [0, 0.05) is 35.8 Å². The molecule has 1 aliphatic rings. The van der Waals surface area contributed by atoms with Crippen LogP contribution in [0.3, 0.4) is 0 Å². The van der Waals surface area contributed by atoms with Crippen LogP contribution in [0.4, 0.5) is 8.78 Å². The Balaban J connectivity index is 2.49. The molecule has 0 atom stereocenters. The summed E-state index contributed by atoms with van der Waals surface area (Å²) in [7, 11) is 0. The summed E-state index contributed by atoms with van der Waals surface area (Å²) in [4.78, 5) is 14.4. The van der Waals surface area contributed by atoms with Gasteiger partial charge in [-0.05, 0) is 51.8 Å². The number of hydrogen-bond donors (Lipinski definition) is 0. The Morgan fingerprint density at radius 1 is 1.30 bits per heavy atom. The molecule has 23 heavy (non-hydrogen) atoms. The van der Waals surface area contributed by atoms with Crippen molar-refractivity contribution in [1.82, 2.24) is 4.90 Å². The maximum Gasteiger partial charge on any atom is 0.334 e. The van der Waals surface area contributed by atoms with Gasteiger partial charge in [-0.3, -0.25) is 4.90 Å². The molecule has 0 unspecified atom stereocenters. The smallest absolute Gasteiger partial charge is 0.334 e. The van der Waals surface area contributed by atoms with E-state index in [1.807, 2.05) is 0 Å². The molecule has 0 spiro atoms. The van der Waals surface area contributed by atoms with Gasteiger partial charge in [0.05, 0.1) is 6.61 Å². The minimum atomic E-state index is -0.655. The molecule has 2 rings (SSSR count). The van der Waals surface area contributed by atoms with Crippen molar-refractivity contribution in [3.05, 3.63) is 41.0 Å². The summed E-state index contributed by atoms with van der Waals surface area (Å²) in [5, 5.41) is 0. The number of carbonyl (C=O) groups excluding carboxylic acids is 1. The summed E-state index contributed by atoms with van der Waals surface area (Å²) >= 11 is 0. The van der Waals surface area contributed by atoms with Gasteiger partial charge >= 0.3 is 5.97 Å². The highest BCUT2D eigenvalue weighted by molar-refractivity contribution is 5.98. The number of carbonyl (C=O) groups is 1. The van der Waals surface area contributed by atoms with E-state index >= 15 is 0 Å². The zero-order chi connectivity index (χ0) is 17.2.